The van der Waals surface area contributed by atoms with Crippen molar-refractivity contribution in [2.45, 2.75) is 82.8 Å². The minimum atomic E-state index is -0.774. The second-order valence-electron chi connectivity index (χ2n) is 11.6. The first-order chi connectivity index (χ1) is 21.7. The molecule has 1 spiro atoms. The van der Waals surface area contributed by atoms with Crippen LogP contribution in [0, 0.1) is 16.7 Å². The number of Topliss-reactive ketones (excluding diaryl/α,β-unsaturated/α-hetero) is 1. The van der Waals surface area contributed by atoms with Gasteiger partial charge in [-0.2, -0.15) is 0 Å². The van der Waals surface area contributed by atoms with E-state index in [1.165, 1.54) is 7.11 Å². The number of para-hydroxylation sites is 1. The molecule has 1 fully saturated rings. The van der Waals surface area contributed by atoms with Crippen LogP contribution < -0.4 is 10.1 Å². The van der Waals surface area contributed by atoms with Crippen LogP contribution in [-0.2, 0) is 24.7 Å². The number of hydrogen-bond donors (Lipinski definition) is 3. The maximum atomic E-state index is 13.5. The summed E-state index contributed by atoms with van der Waals surface area (Å²) < 4.78 is 16.9. The first-order valence-corrected chi connectivity index (χ1v) is 15.5. The number of hydrogen-bond acceptors (Lipinski definition) is 10. The zero-order valence-corrected chi connectivity index (χ0v) is 25.7. The lowest BCUT2D eigenvalue weighted by molar-refractivity contribution is -0.128. The zero-order chi connectivity index (χ0) is 32.0. The summed E-state index contributed by atoms with van der Waals surface area (Å²) in [6.07, 6.45) is 7.17. The number of aromatic nitrogens is 2. The standard InChI is InChI=1S/C34H39N5O6/c1-3-23(40)11-5-4-6-14-27(30(36)44-29(35)24-20-22-10-7-8-13-26(22)39-32(24)43-2)38-31(41)21-15-17-34(18-16-21)25-12-9-19-37-28(25)33(42)45-34/h7-10,12-13,19-21,27,35-36H,3-6,11,14-18H2,1-2H3,(H,38,41)/t21-,27-,34-/m0/s1. The van der Waals surface area contributed by atoms with Gasteiger partial charge in [-0.15, -0.1) is 0 Å². The number of ether oxygens (including phenoxy) is 3. The second-order valence-corrected chi connectivity index (χ2v) is 11.6. The summed E-state index contributed by atoms with van der Waals surface area (Å²) in [6.45, 7) is 1.85. The lowest BCUT2D eigenvalue weighted by atomic mass is 9.75. The van der Waals surface area contributed by atoms with Crippen molar-refractivity contribution < 1.29 is 28.6 Å². The number of benzene rings is 1. The van der Waals surface area contributed by atoms with E-state index in [2.05, 4.69) is 15.3 Å². The molecular formula is C34H39N5O6. The van der Waals surface area contributed by atoms with Crippen molar-refractivity contribution >= 4 is 40.4 Å². The highest BCUT2D eigenvalue weighted by Crippen LogP contribution is 2.47. The lowest BCUT2D eigenvalue weighted by Crippen LogP contribution is -2.46. The van der Waals surface area contributed by atoms with E-state index in [1.807, 2.05) is 37.3 Å². The first-order valence-electron chi connectivity index (χ1n) is 15.5. The highest BCUT2D eigenvalue weighted by atomic mass is 16.6. The third kappa shape index (κ3) is 7.02. The van der Waals surface area contributed by atoms with Gasteiger partial charge in [0, 0.05) is 35.9 Å². The fourth-order valence-corrected chi connectivity index (χ4v) is 6.17. The van der Waals surface area contributed by atoms with Gasteiger partial charge in [-0.1, -0.05) is 44.0 Å². The van der Waals surface area contributed by atoms with Gasteiger partial charge in [0.1, 0.15) is 17.4 Å². The Hall–Kier alpha value is -4.67. The molecule has 1 aliphatic heterocycles. The Bertz CT molecular complexity index is 1610. The summed E-state index contributed by atoms with van der Waals surface area (Å²) >= 11 is 0. The number of methoxy groups -OCH3 is 1. The number of carbonyl (C=O) groups excluding carboxylic acids is 3. The van der Waals surface area contributed by atoms with Crippen LogP contribution in [0.25, 0.3) is 10.9 Å². The monoisotopic (exact) mass is 613 g/mol. The molecule has 3 heterocycles. The Labute approximate surface area is 262 Å². The van der Waals surface area contributed by atoms with Gasteiger partial charge in [-0.3, -0.25) is 20.4 Å². The predicted molar refractivity (Wildman–Crippen MR) is 168 cm³/mol. The maximum absolute atomic E-state index is 13.5. The van der Waals surface area contributed by atoms with Gasteiger partial charge in [-0.05, 0) is 56.7 Å². The number of nitrogens with one attached hydrogen (secondary N) is 3. The molecular weight excluding hydrogens is 574 g/mol. The van der Waals surface area contributed by atoms with E-state index in [0.29, 0.717) is 68.1 Å². The molecule has 45 heavy (non-hydrogen) atoms. The van der Waals surface area contributed by atoms with E-state index in [-0.39, 0.29) is 35.3 Å². The molecule has 3 N–H and O–H groups in total. The van der Waals surface area contributed by atoms with Crippen molar-refractivity contribution in [2.24, 2.45) is 5.92 Å². The van der Waals surface area contributed by atoms with Crippen LogP contribution in [-0.4, -0.2) is 52.6 Å². The number of ketones is 1. The molecule has 3 aromatic rings. The van der Waals surface area contributed by atoms with Gasteiger partial charge in [0.25, 0.3) is 0 Å². The molecule has 0 bridgehead atoms. The van der Waals surface area contributed by atoms with Crippen molar-refractivity contribution in [3.8, 4) is 5.88 Å². The highest BCUT2D eigenvalue weighted by molar-refractivity contribution is 6.04. The van der Waals surface area contributed by atoms with E-state index in [9.17, 15) is 14.4 Å². The Morgan fingerprint density at radius 1 is 1.11 bits per heavy atom. The average molecular weight is 614 g/mol. The number of unbranched alkanes of at least 4 members (excludes halogenated alkanes) is 2. The molecule has 0 unspecified atom stereocenters. The molecule has 1 amide bonds. The van der Waals surface area contributed by atoms with E-state index in [0.717, 1.165) is 23.8 Å². The van der Waals surface area contributed by atoms with Crippen LogP contribution in [0.4, 0.5) is 0 Å². The molecule has 5 rings (SSSR count). The van der Waals surface area contributed by atoms with E-state index in [1.54, 1.807) is 18.3 Å². The molecule has 2 aliphatic rings. The minimum Gasteiger partial charge on any atom is -0.480 e. The Morgan fingerprint density at radius 3 is 2.64 bits per heavy atom. The van der Waals surface area contributed by atoms with E-state index in [4.69, 9.17) is 25.0 Å². The summed E-state index contributed by atoms with van der Waals surface area (Å²) in [5.41, 5.74) is 1.36. The number of fused-ring (bicyclic) bond motifs is 3. The van der Waals surface area contributed by atoms with Crippen LogP contribution in [0.3, 0.4) is 0 Å². The Kier molecular flexibility index (Phi) is 9.85. The van der Waals surface area contributed by atoms with Crippen molar-refractivity contribution in [1.29, 1.82) is 10.8 Å². The molecule has 2 aromatic heterocycles. The van der Waals surface area contributed by atoms with Gasteiger partial charge in [0.15, 0.2) is 5.69 Å². The van der Waals surface area contributed by atoms with Crippen LogP contribution in [0.5, 0.6) is 5.88 Å². The fourth-order valence-electron chi connectivity index (χ4n) is 6.17. The normalized spacial score (nSPS) is 19.4. The van der Waals surface area contributed by atoms with E-state index >= 15 is 0 Å². The smallest absolute Gasteiger partial charge is 0.358 e. The maximum Gasteiger partial charge on any atom is 0.358 e. The van der Waals surface area contributed by atoms with E-state index < -0.39 is 17.6 Å². The molecule has 0 saturated heterocycles. The van der Waals surface area contributed by atoms with Gasteiger partial charge in [-0.25, -0.2) is 14.8 Å². The summed E-state index contributed by atoms with van der Waals surface area (Å²) in [4.78, 5) is 46.3. The summed E-state index contributed by atoms with van der Waals surface area (Å²) in [5, 5.41) is 21.2. The molecule has 1 aliphatic carbocycles. The number of esters is 1. The van der Waals surface area contributed by atoms with Gasteiger partial charge < -0.3 is 19.5 Å². The first kappa shape index (κ1) is 31.7. The van der Waals surface area contributed by atoms with Crippen LogP contribution >= 0.6 is 0 Å². The molecule has 11 nitrogen and oxygen atoms in total. The number of amides is 1. The molecule has 1 aromatic carbocycles. The summed E-state index contributed by atoms with van der Waals surface area (Å²) in [5.74, 6) is -1.13. The minimum absolute atomic E-state index is 0.202. The van der Waals surface area contributed by atoms with Crippen molar-refractivity contribution in [3.63, 3.8) is 0 Å². The van der Waals surface area contributed by atoms with Crippen LogP contribution in [0.2, 0.25) is 0 Å². The quantitative estimate of drug-likeness (QED) is 0.102. The third-order valence-corrected chi connectivity index (χ3v) is 8.76. The van der Waals surface area contributed by atoms with Gasteiger partial charge >= 0.3 is 5.97 Å². The third-order valence-electron chi connectivity index (χ3n) is 8.76. The molecule has 1 atom stereocenters. The van der Waals surface area contributed by atoms with Crippen LogP contribution in [0.1, 0.15) is 92.7 Å². The predicted octanol–water partition coefficient (Wildman–Crippen LogP) is 5.63. The summed E-state index contributed by atoms with van der Waals surface area (Å²) in [6, 6.07) is 12.0. The lowest BCUT2D eigenvalue weighted by Gasteiger charge is -2.36. The number of carbonyl (C=O) groups is 3. The molecule has 0 radical (unpaired) electrons. The van der Waals surface area contributed by atoms with Crippen molar-refractivity contribution in [3.05, 3.63) is 65.5 Å². The SMILES string of the molecule is CCC(=O)CCCCC[C@H](NC(=O)[C@H]1CC[C@@]2(CC1)OC(=O)c1ncccc12)C(=N)OC(=N)c1cc2ccccc2nc1OC. The molecule has 11 heteroatoms. The van der Waals surface area contributed by atoms with Crippen LogP contribution in [0.15, 0.2) is 48.7 Å². The topological polar surface area (TPSA) is 164 Å². The highest BCUT2D eigenvalue weighted by Gasteiger charge is 2.49. The fraction of sp³-hybridized carbons (Fsp3) is 0.441. The Balaban J connectivity index is 1.25. The zero-order valence-electron chi connectivity index (χ0n) is 25.7. The largest absolute Gasteiger partial charge is 0.480 e. The number of pyridine rings is 2. The number of rotatable bonds is 12. The molecule has 236 valence electrons. The van der Waals surface area contributed by atoms with Gasteiger partial charge in [0.05, 0.1) is 18.2 Å². The van der Waals surface area contributed by atoms with Gasteiger partial charge in [0.2, 0.25) is 23.6 Å². The number of nitrogens with zero attached hydrogens (tertiary/aromatic N) is 2. The van der Waals surface area contributed by atoms with Crippen molar-refractivity contribution in [1.82, 2.24) is 15.3 Å². The second kappa shape index (κ2) is 14.0. The summed E-state index contributed by atoms with van der Waals surface area (Å²) in [7, 11) is 1.46. The van der Waals surface area contributed by atoms with Crippen molar-refractivity contribution in [2.75, 3.05) is 7.11 Å². The molecule has 1 saturated carbocycles. The average Bonchev–Trinajstić information content (AvgIpc) is 3.33. The Morgan fingerprint density at radius 2 is 1.89 bits per heavy atom.